The Morgan fingerprint density at radius 2 is 1.67 bits per heavy atom. The van der Waals surface area contributed by atoms with Gasteiger partial charge in [-0.25, -0.2) is 0 Å². The van der Waals surface area contributed by atoms with Crippen molar-refractivity contribution in [2.45, 2.75) is 12.7 Å². The van der Waals surface area contributed by atoms with E-state index >= 15 is 0 Å². The second-order valence-corrected chi connectivity index (χ2v) is 4.27. The van der Waals surface area contributed by atoms with E-state index in [4.69, 9.17) is 0 Å². The van der Waals surface area contributed by atoms with Gasteiger partial charge in [-0.05, 0) is 42.0 Å². The number of benzene rings is 1. The van der Waals surface area contributed by atoms with Crippen molar-refractivity contribution in [3.05, 3.63) is 70.7 Å². The van der Waals surface area contributed by atoms with Crippen LogP contribution in [0.25, 0.3) is 0 Å². The first kappa shape index (κ1) is 15.0. The predicted molar refractivity (Wildman–Crippen MR) is 68.9 cm³/mol. The quantitative estimate of drug-likeness (QED) is 0.817. The molecule has 7 heteroatoms. The Hall–Kier alpha value is -2.41. The number of hydrogen-bond donors (Lipinski definition) is 0. The summed E-state index contributed by atoms with van der Waals surface area (Å²) in [5, 5.41) is 11.9. The van der Waals surface area contributed by atoms with Gasteiger partial charge in [0.25, 0.3) is 0 Å². The number of hydrogen-bond acceptors (Lipinski definition) is 3. The summed E-state index contributed by atoms with van der Waals surface area (Å²) in [4.78, 5) is 15.6. The van der Waals surface area contributed by atoms with Gasteiger partial charge in [-0.1, -0.05) is 0 Å². The van der Waals surface area contributed by atoms with Gasteiger partial charge in [0.2, 0.25) is 5.91 Å². The molecule has 0 atom stereocenters. The van der Waals surface area contributed by atoms with Gasteiger partial charge in [0.15, 0.2) is 0 Å². The summed E-state index contributed by atoms with van der Waals surface area (Å²) >= 11 is 0. The van der Waals surface area contributed by atoms with Crippen LogP contribution in [0.3, 0.4) is 0 Å². The average molecular weight is 295 g/mol. The molecule has 0 saturated carbocycles. The highest BCUT2D eigenvalue weighted by molar-refractivity contribution is 5.94. The fraction of sp³-hybridized carbons (Fsp3) is 0.143. The Morgan fingerprint density at radius 3 is 2.19 bits per heavy atom. The lowest BCUT2D eigenvalue weighted by atomic mass is 10.1. The lowest BCUT2D eigenvalue weighted by molar-refractivity contribution is -0.137. The minimum Gasteiger partial charge on any atom is -0.756 e. The molecule has 0 unspecified atom stereocenters. The number of hydroxylamine groups is 2. The predicted octanol–water partition coefficient (Wildman–Crippen LogP) is 3.24. The van der Waals surface area contributed by atoms with Gasteiger partial charge < -0.3 is 10.3 Å². The maximum absolute atomic E-state index is 12.4. The molecule has 0 aliphatic rings. The van der Waals surface area contributed by atoms with E-state index in [9.17, 15) is 23.2 Å². The van der Waals surface area contributed by atoms with Crippen LogP contribution in [0.2, 0.25) is 0 Å². The Morgan fingerprint density at radius 1 is 1.10 bits per heavy atom. The number of rotatable bonds is 3. The first-order chi connectivity index (χ1) is 9.88. The maximum Gasteiger partial charge on any atom is 0.416 e. The van der Waals surface area contributed by atoms with E-state index in [0.717, 1.165) is 24.3 Å². The van der Waals surface area contributed by atoms with Gasteiger partial charge in [-0.2, -0.15) is 13.2 Å². The van der Waals surface area contributed by atoms with Crippen molar-refractivity contribution < 1.29 is 18.0 Å². The van der Waals surface area contributed by atoms with Crippen molar-refractivity contribution in [3.8, 4) is 0 Å². The fourth-order valence-corrected chi connectivity index (χ4v) is 1.67. The normalized spacial score (nSPS) is 11.2. The van der Waals surface area contributed by atoms with Crippen LogP contribution in [0.1, 0.15) is 21.5 Å². The van der Waals surface area contributed by atoms with Crippen LogP contribution in [-0.2, 0) is 12.7 Å². The lowest BCUT2D eigenvalue weighted by Crippen LogP contribution is -2.24. The molecule has 0 aliphatic carbocycles. The second-order valence-electron chi connectivity index (χ2n) is 4.27. The molecule has 0 fully saturated rings. The molecule has 0 aliphatic heterocycles. The standard InChI is InChI=1S/C14H10F3N2O2/c15-14(16,17)12-3-1-11(2-4-12)13(20)19(21)9-10-5-7-18-8-6-10/h1-8H,9H2/q-1. The number of carbonyl (C=O) groups is 1. The number of aromatic nitrogens is 1. The number of carbonyl (C=O) groups excluding carboxylic acids is 1. The van der Waals surface area contributed by atoms with Gasteiger partial charge in [-0.3, -0.25) is 9.78 Å². The average Bonchev–Trinajstić information content (AvgIpc) is 2.46. The van der Waals surface area contributed by atoms with Crippen LogP contribution in [0.5, 0.6) is 0 Å². The van der Waals surface area contributed by atoms with Crippen molar-refractivity contribution in [3.63, 3.8) is 0 Å². The molecule has 2 rings (SSSR count). The van der Waals surface area contributed by atoms with Gasteiger partial charge in [-0.15, -0.1) is 0 Å². The van der Waals surface area contributed by atoms with Crippen LogP contribution in [0.4, 0.5) is 13.2 Å². The maximum atomic E-state index is 12.4. The first-order valence-corrected chi connectivity index (χ1v) is 5.93. The molecule has 1 amide bonds. The van der Waals surface area contributed by atoms with Gasteiger partial charge in [0, 0.05) is 24.5 Å². The Balaban J connectivity index is 2.09. The van der Waals surface area contributed by atoms with E-state index in [2.05, 4.69) is 4.98 Å². The molecule has 1 heterocycles. The zero-order valence-corrected chi connectivity index (χ0v) is 10.7. The van der Waals surface area contributed by atoms with Crippen molar-refractivity contribution in [1.29, 1.82) is 0 Å². The molecule has 1 aromatic heterocycles. The third kappa shape index (κ3) is 3.79. The van der Waals surface area contributed by atoms with Crippen molar-refractivity contribution in [2.24, 2.45) is 0 Å². The lowest BCUT2D eigenvalue weighted by Gasteiger charge is -2.28. The van der Waals surface area contributed by atoms with Gasteiger partial charge in [0.1, 0.15) is 0 Å². The topological polar surface area (TPSA) is 56.3 Å². The van der Waals surface area contributed by atoms with Crippen molar-refractivity contribution in [2.75, 3.05) is 0 Å². The van der Waals surface area contributed by atoms with Crippen LogP contribution in [0, 0.1) is 5.21 Å². The summed E-state index contributed by atoms with van der Waals surface area (Å²) in [6.07, 6.45) is -1.52. The monoisotopic (exact) mass is 295 g/mol. The molecule has 0 spiro atoms. The van der Waals surface area contributed by atoms with E-state index in [0.29, 0.717) is 5.56 Å². The number of nitrogens with zero attached hydrogens (tertiary/aromatic N) is 2. The van der Waals surface area contributed by atoms with E-state index in [1.807, 2.05) is 0 Å². The summed E-state index contributed by atoms with van der Waals surface area (Å²) in [6, 6.07) is 6.67. The second kappa shape index (κ2) is 5.92. The van der Waals surface area contributed by atoms with Gasteiger partial charge in [0.05, 0.1) is 5.56 Å². The molecule has 110 valence electrons. The van der Waals surface area contributed by atoms with Crippen LogP contribution in [0.15, 0.2) is 48.8 Å². The number of halogens is 3. The molecule has 4 nitrogen and oxygen atoms in total. The largest absolute Gasteiger partial charge is 0.756 e. The van der Waals surface area contributed by atoms with Crippen LogP contribution < -0.4 is 0 Å². The number of pyridine rings is 1. The van der Waals surface area contributed by atoms with E-state index < -0.39 is 17.6 Å². The fourth-order valence-electron chi connectivity index (χ4n) is 1.67. The summed E-state index contributed by atoms with van der Waals surface area (Å²) in [5.41, 5.74) is -0.377. The van der Waals surface area contributed by atoms with E-state index in [1.165, 1.54) is 12.4 Å². The van der Waals surface area contributed by atoms with E-state index in [1.54, 1.807) is 12.1 Å². The summed E-state index contributed by atoms with van der Waals surface area (Å²) < 4.78 is 37.2. The third-order valence-electron chi connectivity index (χ3n) is 2.76. The molecule has 1 aromatic carbocycles. The zero-order chi connectivity index (χ0) is 15.5. The summed E-state index contributed by atoms with van der Waals surface area (Å²) in [5.74, 6) is -0.888. The van der Waals surface area contributed by atoms with Crippen molar-refractivity contribution >= 4 is 5.91 Å². The molecule has 0 saturated heterocycles. The highest BCUT2D eigenvalue weighted by atomic mass is 19.4. The smallest absolute Gasteiger partial charge is 0.416 e. The Labute approximate surface area is 118 Å². The molecule has 2 aromatic rings. The van der Waals surface area contributed by atoms with Crippen molar-refractivity contribution in [1.82, 2.24) is 10.0 Å². The molecular formula is C14H10F3N2O2-. The third-order valence-corrected chi connectivity index (χ3v) is 2.76. The molecular weight excluding hydrogens is 285 g/mol. The first-order valence-electron chi connectivity index (χ1n) is 5.93. The van der Waals surface area contributed by atoms with Gasteiger partial charge >= 0.3 is 6.18 Å². The highest BCUT2D eigenvalue weighted by Crippen LogP contribution is 2.29. The minimum atomic E-state index is -4.48. The minimum absolute atomic E-state index is 0.0907. The molecule has 0 N–H and O–H groups in total. The van der Waals surface area contributed by atoms with E-state index in [-0.39, 0.29) is 17.2 Å². The molecule has 21 heavy (non-hydrogen) atoms. The molecule has 0 bridgehead atoms. The Kier molecular flexibility index (Phi) is 4.23. The number of alkyl halides is 3. The number of amides is 1. The Bertz CT molecular complexity index is 612. The summed E-state index contributed by atoms with van der Waals surface area (Å²) in [6.45, 7) is -0.192. The van der Waals surface area contributed by atoms with Crippen LogP contribution >= 0.6 is 0 Å². The van der Waals surface area contributed by atoms with Crippen LogP contribution in [-0.4, -0.2) is 16.0 Å². The molecule has 0 radical (unpaired) electrons. The zero-order valence-electron chi connectivity index (χ0n) is 10.7. The highest BCUT2D eigenvalue weighted by Gasteiger charge is 2.30. The summed E-state index contributed by atoms with van der Waals surface area (Å²) in [7, 11) is 0. The SMILES string of the molecule is O=C(c1ccc(C(F)(F)F)cc1)N([O-])Cc1ccncc1.